The zero-order chi connectivity index (χ0) is 26.5. The van der Waals surface area contributed by atoms with Gasteiger partial charge in [-0.15, -0.1) is 0 Å². The molecule has 0 unspecified atom stereocenters. The van der Waals surface area contributed by atoms with Gasteiger partial charge in [0.15, 0.2) is 0 Å². The van der Waals surface area contributed by atoms with E-state index in [0.29, 0.717) is 37.2 Å². The number of methoxy groups -OCH3 is 1. The fourth-order valence-corrected chi connectivity index (χ4v) is 4.76. The van der Waals surface area contributed by atoms with Gasteiger partial charge in [0, 0.05) is 37.4 Å². The molecule has 8 heteroatoms. The van der Waals surface area contributed by atoms with Crippen molar-refractivity contribution in [2.24, 2.45) is 0 Å². The maximum atomic E-state index is 14.0. The highest BCUT2D eigenvalue weighted by Gasteiger charge is 2.33. The molecule has 5 rings (SSSR count). The van der Waals surface area contributed by atoms with Crippen molar-refractivity contribution in [3.05, 3.63) is 114 Å². The van der Waals surface area contributed by atoms with Crippen molar-refractivity contribution < 1.29 is 18.7 Å². The Hall–Kier alpha value is -4.43. The first-order valence-corrected chi connectivity index (χ1v) is 12.4. The van der Waals surface area contributed by atoms with Crippen LogP contribution >= 0.6 is 0 Å². The number of fused-ring (bicyclic) bond motifs is 1. The number of esters is 1. The molecule has 4 aromatic rings. The van der Waals surface area contributed by atoms with E-state index in [2.05, 4.69) is 15.3 Å². The van der Waals surface area contributed by atoms with E-state index in [0.717, 1.165) is 27.9 Å². The summed E-state index contributed by atoms with van der Waals surface area (Å²) in [4.78, 5) is 36.9. The molecule has 2 aromatic heterocycles. The van der Waals surface area contributed by atoms with Gasteiger partial charge < -0.3 is 9.64 Å². The number of aromatic nitrogens is 2. The van der Waals surface area contributed by atoms with E-state index in [4.69, 9.17) is 4.74 Å². The fourth-order valence-electron chi connectivity index (χ4n) is 4.76. The van der Waals surface area contributed by atoms with Crippen LogP contribution in [0.4, 0.5) is 10.1 Å². The largest absolute Gasteiger partial charge is 0.465 e. The molecule has 0 spiro atoms. The summed E-state index contributed by atoms with van der Waals surface area (Å²) in [6.45, 7) is 0.826. The molecule has 1 aliphatic heterocycles. The molecule has 1 atom stereocenters. The van der Waals surface area contributed by atoms with Crippen molar-refractivity contribution in [3.63, 3.8) is 0 Å². The Labute approximate surface area is 220 Å². The lowest BCUT2D eigenvalue weighted by Crippen LogP contribution is -2.47. The zero-order valence-corrected chi connectivity index (χ0v) is 20.9. The lowest BCUT2D eigenvalue weighted by Gasteiger charge is -2.26. The number of benzene rings is 2. The maximum Gasteiger partial charge on any atom is 0.338 e. The molecule has 0 saturated carbocycles. The Morgan fingerprint density at radius 3 is 2.53 bits per heavy atom. The third-order valence-corrected chi connectivity index (χ3v) is 6.69. The second-order valence-corrected chi connectivity index (χ2v) is 9.07. The first kappa shape index (κ1) is 25.2. The summed E-state index contributed by atoms with van der Waals surface area (Å²) in [6.07, 6.45) is 5.98. The van der Waals surface area contributed by atoms with Crippen LogP contribution in [0.3, 0.4) is 0 Å². The summed E-state index contributed by atoms with van der Waals surface area (Å²) in [5.41, 5.74) is 5.23. The topological polar surface area (TPSA) is 84.4 Å². The van der Waals surface area contributed by atoms with Gasteiger partial charge in [-0.3, -0.25) is 20.1 Å². The van der Waals surface area contributed by atoms with E-state index in [1.54, 1.807) is 35.6 Å². The Morgan fingerprint density at radius 2 is 1.82 bits per heavy atom. The lowest BCUT2D eigenvalue weighted by molar-refractivity contribution is -0.120. The molecule has 0 radical (unpaired) electrons. The van der Waals surface area contributed by atoms with Gasteiger partial charge in [0.05, 0.1) is 24.4 Å². The highest BCUT2D eigenvalue weighted by Crippen LogP contribution is 2.36. The number of ether oxygens (including phenoxy) is 1. The van der Waals surface area contributed by atoms with Gasteiger partial charge >= 0.3 is 5.97 Å². The summed E-state index contributed by atoms with van der Waals surface area (Å²) in [5.74, 6) is -0.903. The number of amides is 1. The van der Waals surface area contributed by atoms with Crippen molar-refractivity contribution in [2.45, 2.75) is 25.4 Å². The molecule has 2 aromatic carbocycles. The zero-order valence-electron chi connectivity index (χ0n) is 20.9. The molecule has 0 saturated heterocycles. The highest BCUT2D eigenvalue weighted by atomic mass is 19.1. The third kappa shape index (κ3) is 5.45. The number of nitrogens with one attached hydrogen (secondary N) is 1. The molecular formula is C30H27FN4O3. The van der Waals surface area contributed by atoms with Crippen LogP contribution in [0.1, 0.15) is 27.2 Å². The van der Waals surface area contributed by atoms with Gasteiger partial charge in [0.25, 0.3) is 0 Å². The van der Waals surface area contributed by atoms with Crippen LogP contribution in [-0.2, 0) is 28.9 Å². The number of nitrogens with zero attached hydrogens (tertiary/aromatic N) is 3. The fraction of sp³-hybridized carbons (Fsp3) is 0.200. The van der Waals surface area contributed by atoms with E-state index in [1.165, 1.54) is 19.2 Å². The Bertz CT molecular complexity index is 1430. The van der Waals surface area contributed by atoms with Crippen LogP contribution < -0.4 is 10.2 Å². The van der Waals surface area contributed by atoms with Gasteiger partial charge in [0.1, 0.15) is 5.82 Å². The summed E-state index contributed by atoms with van der Waals surface area (Å²) in [5, 5.41) is 3.35. The van der Waals surface area contributed by atoms with Gasteiger partial charge in [-0.2, -0.15) is 0 Å². The van der Waals surface area contributed by atoms with E-state index < -0.39 is 12.0 Å². The van der Waals surface area contributed by atoms with Crippen molar-refractivity contribution in [2.75, 3.05) is 18.6 Å². The summed E-state index contributed by atoms with van der Waals surface area (Å²) >= 11 is 0. The van der Waals surface area contributed by atoms with Crippen LogP contribution in [-0.4, -0.2) is 41.5 Å². The molecule has 1 amide bonds. The predicted molar refractivity (Wildman–Crippen MR) is 142 cm³/mol. The molecule has 7 nitrogen and oxygen atoms in total. The van der Waals surface area contributed by atoms with Gasteiger partial charge in [-0.25, -0.2) is 9.18 Å². The summed E-state index contributed by atoms with van der Waals surface area (Å²) in [6, 6.07) is 18.7. The number of anilines is 1. The first-order valence-electron chi connectivity index (χ1n) is 12.4. The number of halogens is 1. The Balaban J connectivity index is 1.49. The molecular weight excluding hydrogens is 483 g/mol. The van der Waals surface area contributed by atoms with Crippen molar-refractivity contribution in [3.8, 4) is 11.1 Å². The van der Waals surface area contributed by atoms with Crippen LogP contribution in [0, 0.1) is 5.82 Å². The summed E-state index contributed by atoms with van der Waals surface area (Å²) < 4.78 is 18.6. The minimum atomic E-state index is -0.598. The van der Waals surface area contributed by atoms with Gasteiger partial charge in [-0.05, 0) is 83.6 Å². The number of rotatable bonds is 8. The average Bonchev–Trinajstić information content (AvgIpc) is 3.40. The molecule has 0 fully saturated rings. The van der Waals surface area contributed by atoms with Crippen molar-refractivity contribution >= 4 is 17.6 Å². The number of hydrogen-bond donors (Lipinski definition) is 1. The molecule has 1 N–H and O–H groups in total. The molecule has 38 heavy (non-hydrogen) atoms. The number of hydrogen-bond acceptors (Lipinski definition) is 6. The molecule has 192 valence electrons. The monoisotopic (exact) mass is 510 g/mol. The Kier molecular flexibility index (Phi) is 7.51. The lowest BCUT2D eigenvalue weighted by atomic mass is 9.97. The van der Waals surface area contributed by atoms with E-state index in [-0.39, 0.29) is 11.7 Å². The average molecular weight is 511 g/mol. The molecule has 3 heterocycles. The van der Waals surface area contributed by atoms with Crippen LogP contribution in [0.5, 0.6) is 0 Å². The van der Waals surface area contributed by atoms with Gasteiger partial charge in [-0.1, -0.05) is 18.2 Å². The van der Waals surface area contributed by atoms with Gasteiger partial charge in [0.2, 0.25) is 5.91 Å². The molecule has 0 bridgehead atoms. The number of pyridine rings is 2. The second kappa shape index (κ2) is 11.3. The minimum Gasteiger partial charge on any atom is -0.465 e. The first-order chi connectivity index (χ1) is 18.5. The summed E-state index contributed by atoms with van der Waals surface area (Å²) in [7, 11) is 1.35. The predicted octanol–water partition coefficient (Wildman–Crippen LogP) is 4.36. The third-order valence-electron chi connectivity index (χ3n) is 6.69. The SMILES string of the molecule is COC(=O)c1cc(-c2ccncc2)cc2c1CCN2C(=O)[C@H](Cc1ccc(F)cc1)NCc1ccccn1. The molecule has 0 aliphatic carbocycles. The van der Waals surface area contributed by atoms with Crippen LogP contribution in [0.15, 0.2) is 85.3 Å². The van der Waals surface area contributed by atoms with E-state index in [1.807, 2.05) is 42.5 Å². The van der Waals surface area contributed by atoms with Crippen LogP contribution in [0.25, 0.3) is 11.1 Å². The smallest absolute Gasteiger partial charge is 0.338 e. The standard InChI is InChI=1S/C30H27FN4O3/c1-38-30(37)26-17-22(21-9-13-32-14-10-21)18-28-25(26)11-15-35(28)29(36)27(16-20-5-7-23(31)8-6-20)34-19-24-4-2-3-12-33-24/h2-10,12-14,17-18,27,34H,11,15-16,19H2,1H3/t27-/m0/s1. The second-order valence-electron chi connectivity index (χ2n) is 9.07. The highest BCUT2D eigenvalue weighted by molar-refractivity contribution is 6.03. The van der Waals surface area contributed by atoms with E-state index in [9.17, 15) is 14.0 Å². The number of carbonyl (C=O) groups is 2. The maximum absolute atomic E-state index is 14.0. The normalized spacial score (nSPS) is 13.2. The Morgan fingerprint density at radius 1 is 1.03 bits per heavy atom. The number of carbonyl (C=O) groups excluding carboxylic acids is 2. The molecule has 1 aliphatic rings. The minimum absolute atomic E-state index is 0.133. The van der Waals surface area contributed by atoms with Crippen molar-refractivity contribution in [1.82, 2.24) is 15.3 Å². The van der Waals surface area contributed by atoms with Crippen LogP contribution in [0.2, 0.25) is 0 Å². The van der Waals surface area contributed by atoms with Crippen molar-refractivity contribution in [1.29, 1.82) is 0 Å². The quantitative estimate of drug-likeness (QED) is 0.355. The van der Waals surface area contributed by atoms with E-state index >= 15 is 0 Å².